The van der Waals surface area contributed by atoms with Gasteiger partial charge in [-0.3, -0.25) is 14.8 Å². The van der Waals surface area contributed by atoms with E-state index in [-0.39, 0.29) is 0 Å². The third-order valence-corrected chi connectivity index (χ3v) is 3.45. The molecule has 17 heavy (non-hydrogen) atoms. The lowest BCUT2D eigenvalue weighted by Crippen LogP contribution is -2.53. The smallest absolute Gasteiger partial charge is 0.0312 e. The minimum absolute atomic E-state index is 0.306. The zero-order valence-corrected chi connectivity index (χ0v) is 11.2. The van der Waals surface area contributed by atoms with Crippen molar-refractivity contribution in [1.82, 2.24) is 14.8 Å². The molecule has 0 atom stereocenters. The molecule has 1 aliphatic rings. The fourth-order valence-corrected chi connectivity index (χ4v) is 2.33. The molecule has 1 saturated heterocycles. The summed E-state index contributed by atoms with van der Waals surface area (Å²) in [5.74, 6) is 0. The third kappa shape index (κ3) is 3.51. The highest BCUT2D eigenvalue weighted by Gasteiger charge is 2.25. The van der Waals surface area contributed by atoms with Crippen LogP contribution in [-0.4, -0.2) is 46.5 Å². The molecule has 0 aliphatic carbocycles. The van der Waals surface area contributed by atoms with Gasteiger partial charge in [-0.05, 0) is 32.4 Å². The van der Waals surface area contributed by atoms with Crippen LogP contribution in [0, 0.1) is 0 Å². The van der Waals surface area contributed by atoms with Crippen molar-refractivity contribution >= 4 is 0 Å². The molecule has 0 spiro atoms. The van der Waals surface area contributed by atoms with E-state index >= 15 is 0 Å². The summed E-state index contributed by atoms with van der Waals surface area (Å²) in [5.41, 5.74) is 1.62. The minimum atomic E-state index is 0.306. The Morgan fingerprint density at radius 3 is 2.41 bits per heavy atom. The van der Waals surface area contributed by atoms with Gasteiger partial charge in [0.05, 0.1) is 0 Å². The zero-order chi connectivity index (χ0) is 12.3. The molecule has 1 aliphatic heterocycles. The summed E-state index contributed by atoms with van der Waals surface area (Å²) < 4.78 is 0. The quantitative estimate of drug-likeness (QED) is 0.779. The summed E-state index contributed by atoms with van der Waals surface area (Å²) in [6.45, 7) is 12.6. The first-order chi connectivity index (χ1) is 8.05. The van der Waals surface area contributed by atoms with Crippen LogP contribution >= 0.6 is 0 Å². The van der Waals surface area contributed by atoms with Gasteiger partial charge in [-0.15, -0.1) is 0 Å². The van der Waals surface area contributed by atoms with Gasteiger partial charge in [0.25, 0.3) is 0 Å². The van der Waals surface area contributed by atoms with Crippen LogP contribution < -0.4 is 0 Å². The van der Waals surface area contributed by atoms with Crippen molar-refractivity contribution < 1.29 is 0 Å². The van der Waals surface area contributed by atoms with Gasteiger partial charge in [0, 0.05) is 50.7 Å². The van der Waals surface area contributed by atoms with Crippen LogP contribution in [-0.2, 0) is 6.54 Å². The number of hydrogen-bond acceptors (Lipinski definition) is 3. The normalized spacial score (nSPS) is 19.5. The fraction of sp³-hybridized carbons (Fsp3) is 0.643. The molecular weight excluding hydrogens is 210 g/mol. The van der Waals surface area contributed by atoms with E-state index in [0.29, 0.717) is 5.54 Å². The predicted molar refractivity (Wildman–Crippen MR) is 70.8 cm³/mol. The fourth-order valence-electron chi connectivity index (χ4n) is 2.33. The molecule has 3 nitrogen and oxygen atoms in total. The summed E-state index contributed by atoms with van der Waals surface area (Å²) >= 11 is 0. The highest BCUT2D eigenvalue weighted by atomic mass is 15.3. The second-order valence-electron chi connectivity index (χ2n) is 5.80. The first-order valence-corrected chi connectivity index (χ1v) is 6.42. The average molecular weight is 233 g/mol. The van der Waals surface area contributed by atoms with E-state index in [1.165, 1.54) is 18.7 Å². The van der Waals surface area contributed by atoms with Crippen LogP contribution in [0.25, 0.3) is 0 Å². The van der Waals surface area contributed by atoms with Crippen LogP contribution in [0.3, 0.4) is 0 Å². The Kier molecular flexibility index (Phi) is 3.79. The van der Waals surface area contributed by atoms with Crippen molar-refractivity contribution in [2.45, 2.75) is 32.9 Å². The molecule has 1 aromatic rings. The maximum Gasteiger partial charge on any atom is 0.0312 e. The van der Waals surface area contributed by atoms with Gasteiger partial charge in [-0.25, -0.2) is 0 Å². The first-order valence-electron chi connectivity index (χ1n) is 6.42. The molecule has 2 heterocycles. The third-order valence-electron chi connectivity index (χ3n) is 3.45. The molecule has 0 bridgehead atoms. The molecule has 0 amide bonds. The molecule has 1 aromatic heterocycles. The van der Waals surface area contributed by atoms with E-state index in [2.05, 4.69) is 41.6 Å². The van der Waals surface area contributed by atoms with Crippen LogP contribution in [0.4, 0.5) is 0 Å². The molecule has 0 saturated carbocycles. The Hall–Kier alpha value is -0.930. The lowest BCUT2D eigenvalue weighted by molar-refractivity contribution is 0.0590. The Morgan fingerprint density at radius 2 is 1.88 bits per heavy atom. The van der Waals surface area contributed by atoms with Gasteiger partial charge in [0.2, 0.25) is 0 Å². The number of pyridine rings is 1. The summed E-state index contributed by atoms with van der Waals surface area (Å²) in [6, 6.07) is 4.17. The van der Waals surface area contributed by atoms with Gasteiger partial charge in [-0.2, -0.15) is 0 Å². The molecule has 0 unspecified atom stereocenters. The Labute approximate surface area is 104 Å². The molecule has 2 rings (SSSR count). The summed E-state index contributed by atoms with van der Waals surface area (Å²) in [5, 5.41) is 0. The van der Waals surface area contributed by atoms with E-state index < -0.39 is 0 Å². The summed E-state index contributed by atoms with van der Waals surface area (Å²) in [6.07, 6.45) is 3.80. The molecule has 0 aromatic carbocycles. The monoisotopic (exact) mass is 233 g/mol. The van der Waals surface area contributed by atoms with E-state index in [1.54, 1.807) is 0 Å². The van der Waals surface area contributed by atoms with Crippen molar-refractivity contribution in [1.29, 1.82) is 0 Å². The van der Waals surface area contributed by atoms with Crippen LogP contribution in [0.5, 0.6) is 0 Å². The Balaban J connectivity index is 1.84. The Bertz CT molecular complexity index is 334. The van der Waals surface area contributed by atoms with E-state index in [1.807, 2.05) is 18.5 Å². The lowest BCUT2D eigenvalue weighted by Gasteiger charge is -2.42. The van der Waals surface area contributed by atoms with Crippen LogP contribution in [0.1, 0.15) is 26.3 Å². The number of nitrogens with zero attached hydrogens (tertiary/aromatic N) is 3. The summed E-state index contributed by atoms with van der Waals surface area (Å²) in [4.78, 5) is 9.24. The number of aromatic nitrogens is 1. The van der Waals surface area contributed by atoms with E-state index in [9.17, 15) is 0 Å². The number of rotatable bonds is 2. The maximum absolute atomic E-state index is 4.17. The standard InChI is InChI=1S/C14H23N3/c1-14(2,3)17-9-7-16(8-10-17)12-13-5-4-6-15-11-13/h4-6,11H,7-10,12H2,1-3H3. The van der Waals surface area contributed by atoms with Gasteiger partial charge in [-0.1, -0.05) is 6.07 Å². The average Bonchev–Trinajstić information content (AvgIpc) is 2.30. The largest absolute Gasteiger partial charge is 0.296 e. The highest BCUT2D eigenvalue weighted by Crippen LogP contribution is 2.16. The lowest BCUT2D eigenvalue weighted by atomic mass is 10.0. The highest BCUT2D eigenvalue weighted by molar-refractivity contribution is 5.08. The molecular formula is C14H23N3. The van der Waals surface area contributed by atoms with Crippen LogP contribution in [0.2, 0.25) is 0 Å². The van der Waals surface area contributed by atoms with Gasteiger partial charge < -0.3 is 0 Å². The first kappa shape index (κ1) is 12.5. The van der Waals surface area contributed by atoms with Crippen molar-refractivity contribution in [3.63, 3.8) is 0 Å². The zero-order valence-electron chi connectivity index (χ0n) is 11.2. The minimum Gasteiger partial charge on any atom is -0.296 e. The molecule has 0 radical (unpaired) electrons. The van der Waals surface area contributed by atoms with Crippen molar-refractivity contribution in [3.8, 4) is 0 Å². The van der Waals surface area contributed by atoms with E-state index in [4.69, 9.17) is 0 Å². The van der Waals surface area contributed by atoms with Crippen molar-refractivity contribution in [3.05, 3.63) is 30.1 Å². The van der Waals surface area contributed by atoms with Gasteiger partial charge in [0.15, 0.2) is 0 Å². The molecule has 94 valence electrons. The predicted octanol–water partition coefficient (Wildman–Crippen LogP) is 2.00. The van der Waals surface area contributed by atoms with Crippen molar-refractivity contribution in [2.75, 3.05) is 26.2 Å². The molecule has 0 N–H and O–H groups in total. The Morgan fingerprint density at radius 1 is 1.18 bits per heavy atom. The maximum atomic E-state index is 4.17. The van der Waals surface area contributed by atoms with Gasteiger partial charge >= 0.3 is 0 Å². The molecule has 3 heteroatoms. The van der Waals surface area contributed by atoms with E-state index in [0.717, 1.165) is 19.6 Å². The molecule has 1 fully saturated rings. The number of hydrogen-bond donors (Lipinski definition) is 0. The van der Waals surface area contributed by atoms with Crippen molar-refractivity contribution in [2.24, 2.45) is 0 Å². The topological polar surface area (TPSA) is 19.4 Å². The van der Waals surface area contributed by atoms with Crippen LogP contribution in [0.15, 0.2) is 24.5 Å². The second kappa shape index (κ2) is 5.15. The SMILES string of the molecule is CC(C)(C)N1CCN(Cc2cccnc2)CC1. The second-order valence-corrected chi connectivity index (χ2v) is 5.80. The number of piperazine rings is 1. The van der Waals surface area contributed by atoms with Gasteiger partial charge in [0.1, 0.15) is 0 Å². The summed E-state index contributed by atoms with van der Waals surface area (Å²) in [7, 11) is 0.